The van der Waals surface area contributed by atoms with Crippen LogP contribution in [0.5, 0.6) is 11.5 Å². The number of aromatic amines is 1. The Morgan fingerprint density at radius 1 is 0.400 bits per heavy atom. The summed E-state index contributed by atoms with van der Waals surface area (Å²) < 4.78 is 12.2. The number of imidazole rings is 1. The normalized spacial score (nSPS) is 15.1. The highest BCUT2D eigenvalue weighted by Gasteiger charge is 2.62. The Labute approximate surface area is 320 Å². The number of rotatable bonds is 9. The summed E-state index contributed by atoms with van der Waals surface area (Å²) in [5.74, 6) is 1.24. The number of para-hydroxylation sites is 2. The molecule has 0 spiro atoms. The third-order valence-electron chi connectivity index (χ3n) is 9.59. The SMILES string of the molecule is COc1ccccc1C1(C2(c3ccccc3OC)N=C(c3ccccc3)C(c3ccccc3)=N2)N=C(c2ccccc2)C(c2ccccc2)=N1.c1c[nH]cn1. The molecular formula is C47H38N6O2. The van der Waals surface area contributed by atoms with Crippen molar-refractivity contribution in [2.75, 3.05) is 14.2 Å². The molecule has 0 saturated heterocycles. The van der Waals surface area contributed by atoms with E-state index in [2.05, 4.69) is 58.5 Å². The number of nitrogens with one attached hydrogen (secondary N) is 1. The van der Waals surface area contributed by atoms with Crippen molar-refractivity contribution in [3.63, 3.8) is 0 Å². The fourth-order valence-electron chi connectivity index (χ4n) is 7.11. The Kier molecular flexibility index (Phi) is 9.78. The molecular weight excluding hydrogens is 681 g/mol. The first-order chi connectivity index (χ1) is 27.2. The third kappa shape index (κ3) is 6.44. The lowest BCUT2D eigenvalue weighted by atomic mass is 9.81. The first kappa shape index (κ1) is 34.9. The number of hydrogen-bond acceptors (Lipinski definition) is 7. The maximum absolute atomic E-state index is 6.12. The smallest absolute Gasteiger partial charge is 0.230 e. The van der Waals surface area contributed by atoms with E-state index in [-0.39, 0.29) is 0 Å². The molecule has 55 heavy (non-hydrogen) atoms. The molecule has 0 bridgehead atoms. The molecule has 0 amide bonds. The number of H-pyrrole nitrogens is 1. The van der Waals surface area contributed by atoms with E-state index in [9.17, 15) is 0 Å². The van der Waals surface area contributed by atoms with Crippen LogP contribution < -0.4 is 9.47 Å². The highest BCUT2D eigenvalue weighted by atomic mass is 16.5. The molecule has 7 aromatic rings. The van der Waals surface area contributed by atoms with Crippen LogP contribution in [-0.2, 0) is 11.3 Å². The molecule has 1 N–H and O–H groups in total. The Hall–Kier alpha value is -7.19. The summed E-state index contributed by atoms with van der Waals surface area (Å²) >= 11 is 0. The molecule has 2 aliphatic rings. The van der Waals surface area contributed by atoms with E-state index in [0.29, 0.717) is 11.5 Å². The predicted molar refractivity (Wildman–Crippen MR) is 220 cm³/mol. The van der Waals surface area contributed by atoms with Crippen LogP contribution in [-0.4, -0.2) is 47.0 Å². The number of benzene rings is 6. The van der Waals surface area contributed by atoms with E-state index in [0.717, 1.165) is 56.2 Å². The number of aliphatic imine (C=N–C) groups is 4. The van der Waals surface area contributed by atoms with Gasteiger partial charge in [0.05, 0.1) is 43.4 Å². The molecule has 2 aliphatic heterocycles. The molecule has 0 aliphatic carbocycles. The Morgan fingerprint density at radius 2 is 0.709 bits per heavy atom. The van der Waals surface area contributed by atoms with Gasteiger partial charge in [0, 0.05) is 45.8 Å². The van der Waals surface area contributed by atoms with Crippen molar-refractivity contribution in [1.29, 1.82) is 0 Å². The number of nitrogens with zero attached hydrogens (tertiary/aromatic N) is 5. The van der Waals surface area contributed by atoms with Crippen molar-refractivity contribution in [2.24, 2.45) is 20.0 Å². The number of ether oxygens (including phenoxy) is 2. The van der Waals surface area contributed by atoms with Gasteiger partial charge in [-0.05, 0) is 12.1 Å². The van der Waals surface area contributed by atoms with Crippen molar-refractivity contribution in [3.8, 4) is 11.5 Å². The summed E-state index contributed by atoms with van der Waals surface area (Å²) in [6, 6.07) is 56.5. The van der Waals surface area contributed by atoms with Crippen LogP contribution in [0.1, 0.15) is 33.4 Å². The van der Waals surface area contributed by atoms with Gasteiger partial charge in [0.1, 0.15) is 11.5 Å². The van der Waals surface area contributed by atoms with Gasteiger partial charge in [-0.25, -0.2) is 25.0 Å². The van der Waals surface area contributed by atoms with Crippen molar-refractivity contribution in [2.45, 2.75) is 11.3 Å². The van der Waals surface area contributed by atoms with E-state index in [1.54, 1.807) is 32.9 Å². The highest BCUT2D eigenvalue weighted by Crippen LogP contribution is 2.57. The third-order valence-corrected chi connectivity index (χ3v) is 9.59. The van der Waals surface area contributed by atoms with E-state index >= 15 is 0 Å². The fourth-order valence-corrected chi connectivity index (χ4v) is 7.11. The summed E-state index contributed by atoms with van der Waals surface area (Å²) in [5, 5.41) is 0. The topological polar surface area (TPSA) is 96.6 Å². The van der Waals surface area contributed by atoms with Crippen LogP contribution in [0.4, 0.5) is 0 Å². The molecule has 8 heteroatoms. The second kappa shape index (κ2) is 15.4. The van der Waals surface area contributed by atoms with Gasteiger partial charge < -0.3 is 14.5 Å². The highest BCUT2D eigenvalue weighted by molar-refractivity contribution is 6.55. The summed E-state index contributed by atoms with van der Waals surface area (Å²) in [7, 11) is 3.35. The minimum absolute atomic E-state index is 0.621. The zero-order chi connectivity index (χ0) is 37.5. The van der Waals surface area contributed by atoms with Gasteiger partial charge in [0.25, 0.3) is 0 Å². The van der Waals surface area contributed by atoms with Gasteiger partial charge in [0.2, 0.25) is 11.3 Å². The molecule has 0 saturated carbocycles. The maximum Gasteiger partial charge on any atom is 0.230 e. The molecule has 9 rings (SSSR count). The average molecular weight is 719 g/mol. The van der Waals surface area contributed by atoms with Gasteiger partial charge in [-0.1, -0.05) is 158 Å². The van der Waals surface area contributed by atoms with Gasteiger partial charge in [-0.3, -0.25) is 0 Å². The summed E-state index contributed by atoms with van der Waals surface area (Å²) in [6.45, 7) is 0. The van der Waals surface area contributed by atoms with Gasteiger partial charge >= 0.3 is 0 Å². The second-order valence-electron chi connectivity index (χ2n) is 12.8. The average Bonchev–Trinajstić information content (AvgIpc) is 4.07. The van der Waals surface area contributed by atoms with Crippen LogP contribution in [0.15, 0.2) is 209 Å². The number of hydrogen-bond donors (Lipinski definition) is 1. The molecule has 0 atom stereocenters. The second-order valence-corrected chi connectivity index (χ2v) is 12.8. The fraction of sp³-hybridized carbons (Fsp3) is 0.0851. The Morgan fingerprint density at radius 3 is 0.964 bits per heavy atom. The van der Waals surface area contributed by atoms with E-state index < -0.39 is 11.3 Å². The first-order valence-electron chi connectivity index (χ1n) is 18.0. The zero-order valence-electron chi connectivity index (χ0n) is 30.5. The van der Waals surface area contributed by atoms with E-state index in [4.69, 9.17) is 29.4 Å². The van der Waals surface area contributed by atoms with Crippen LogP contribution >= 0.6 is 0 Å². The molecule has 0 fully saturated rings. The number of aromatic nitrogens is 2. The van der Waals surface area contributed by atoms with Gasteiger partial charge in [0.15, 0.2) is 0 Å². The monoisotopic (exact) mass is 718 g/mol. The van der Waals surface area contributed by atoms with Crippen molar-refractivity contribution >= 4 is 22.8 Å². The lowest BCUT2D eigenvalue weighted by Crippen LogP contribution is -2.43. The number of methoxy groups -OCH3 is 2. The zero-order valence-corrected chi connectivity index (χ0v) is 30.5. The van der Waals surface area contributed by atoms with Crippen LogP contribution in [0.25, 0.3) is 0 Å². The van der Waals surface area contributed by atoms with Crippen molar-refractivity contribution < 1.29 is 9.47 Å². The summed E-state index contributed by atoms with van der Waals surface area (Å²) in [6.07, 6.45) is 5.08. The van der Waals surface area contributed by atoms with Crippen LogP contribution in [0, 0.1) is 0 Å². The molecule has 268 valence electrons. The summed E-state index contributed by atoms with van der Waals surface area (Å²) in [4.78, 5) is 29.4. The van der Waals surface area contributed by atoms with E-state index in [1.807, 2.05) is 121 Å². The van der Waals surface area contributed by atoms with Crippen molar-refractivity contribution in [1.82, 2.24) is 9.97 Å². The quantitative estimate of drug-likeness (QED) is 0.161. The molecule has 6 aromatic carbocycles. The van der Waals surface area contributed by atoms with Crippen LogP contribution in [0.2, 0.25) is 0 Å². The van der Waals surface area contributed by atoms with Crippen molar-refractivity contribution in [3.05, 3.63) is 222 Å². The van der Waals surface area contributed by atoms with E-state index in [1.165, 1.54) is 0 Å². The summed E-state index contributed by atoms with van der Waals surface area (Å²) in [5.41, 5.74) is 5.13. The molecule has 0 radical (unpaired) electrons. The minimum atomic E-state index is -1.48. The first-order valence-corrected chi connectivity index (χ1v) is 18.0. The standard InChI is InChI=1S/C44H34N4O2.C3H4N2/c1-49-37-29-17-15-27-35(37)43(45-39(31-19-7-3-8-20-31)40(46-43)32-21-9-4-10-22-32)44(36-28-16-18-30-38(36)50-2)47-41(33-23-11-5-12-24-33)42(48-44)34-25-13-6-14-26-34;1-2-5-3-4-1/h3-30H,1-2H3;1-3H,(H,4,5). The predicted octanol–water partition coefficient (Wildman–Crippen LogP) is 9.10. The van der Waals surface area contributed by atoms with Crippen LogP contribution in [0.3, 0.4) is 0 Å². The maximum atomic E-state index is 6.12. The molecule has 1 aromatic heterocycles. The molecule has 0 unspecified atom stereocenters. The Bertz CT molecular complexity index is 2200. The Balaban J connectivity index is 0.000000792. The molecule has 8 nitrogen and oxygen atoms in total. The molecule has 3 heterocycles. The minimum Gasteiger partial charge on any atom is -0.496 e. The van der Waals surface area contributed by atoms with Gasteiger partial charge in [-0.2, -0.15) is 0 Å². The lowest BCUT2D eigenvalue weighted by Gasteiger charge is -2.39. The largest absolute Gasteiger partial charge is 0.496 e. The lowest BCUT2D eigenvalue weighted by molar-refractivity contribution is 0.240. The van der Waals surface area contributed by atoms with Gasteiger partial charge in [-0.15, -0.1) is 0 Å².